The van der Waals surface area contributed by atoms with Gasteiger partial charge in [-0.05, 0) is 24.8 Å². The van der Waals surface area contributed by atoms with Gasteiger partial charge in [0.05, 0.1) is 25.2 Å². The average molecular weight is 673 g/mol. The lowest BCUT2D eigenvalue weighted by Gasteiger charge is -2.41. The molecule has 0 bridgehead atoms. The third-order valence-electron chi connectivity index (χ3n) is 7.72. The Bertz CT molecular complexity index is 1380. The first-order valence-corrected chi connectivity index (χ1v) is 16.1. The number of aromatic nitrogens is 4. The van der Waals surface area contributed by atoms with Crippen molar-refractivity contribution in [3.8, 4) is 0 Å². The van der Waals surface area contributed by atoms with Gasteiger partial charge in [0, 0.05) is 64.2 Å². The highest BCUT2D eigenvalue weighted by molar-refractivity contribution is 7.99. The van der Waals surface area contributed by atoms with Crippen molar-refractivity contribution in [3.63, 3.8) is 0 Å². The van der Waals surface area contributed by atoms with E-state index in [0.717, 1.165) is 38.1 Å². The summed E-state index contributed by atoms with van der Waals surface area (Å²) < 4.78 is -0.340. The molecule has 2 aliphatic rings. The number of nitrogens with one attached hydrogen (secondary N) is 2. The quantitative estimate of drug-likeness (QED) is 0.0301. The van der Waals surface area contributed by atoms with E-state index in [-0.39, 0.29) is 59.2 Å². The molecule has 254 valence electrons. The van der Waals surface area contributed by atoms with Gasteiger partial charge >= 0.3 is 5.91 Å². The topological polar surface area (TPSA) is 249 Å². The molecule has 3 atom stereocenters. The summed E-state index contributed by atoms with van der Waals surface area (Å²) in [7, 11) is 0. The van der Waals surface area contributed by atoms with Crippen molar-refractivity contribution in [2.24, 2.45) is 22.6 Å². The second kappa shape index (κ2) is 18.4. The number of likely N-dealkylation sites (tertiary alicyclic amines) is 1. The summed E-state index contributed by atoms with van der Waals surface area (Å²) in [5.74, 6) is 2.74. The predicted molar refractivity (Wildman–Crippen MR) is 171 cm³/mol. The number of amides is 4. The number of quaternary nitrogens is 1. The predicted octanol–water partition coefficient (Wildman–Crippen LogP) is -0.640. The molecule has 18 heteroatoms. The number of carbonyl (C=O) groups is 5. The minimum absolute atomic E-state index is 0.0371. The van der Waals surface area contributed by atoms with Gasteiger partial charge in [0.1, 0.15) is 24.3 Å². The maximum Gasteiger partial charge on any atom is 0.325 e. The van der Waals surface area contributed by atoms with Crippen molar-refractivity contribution in [3.05, 3.63) is 42.7 Å². The number of hydrazone groups is 1. The number of thioether (sulfide) groups is 1. The smallest absolute Gasteiger partial charge is 0.325 e. The molecular weight excluding hydrogens is 630 g/mol. The van der Waals surface area contributed by atoms with E-state index in [1.165, 1.54) is 18.6 Å². The van der Waals surface area contributed by atoms with Gasteiger partial charge in [-0.1, -0.05) is 11.8 Å². The van der Waals surface area contributed by atoms with Gasteiger partial charge in [-0.3, -0.25) is 24.2 Å². The average Bonchev–Trinajstić information content (AvgIpc) is 3.91. The largest absolute Gasteiger partial charge is 0.481 e. The number of hydrogen-bond donors (Lipinski definition) is 5. The van der Waals surface area contributed by atoms with Crippen LogP contribution in [0.3, 0.4) is 0 Å². The molecule has 2 fully saturated rings. The summed E-state index contributed by atoms with van der Waals surface area (Å²) in [6.45, 7) is 3.16. The van der Waals surface area contributed by atoms with Crippen LogP contribution < -0.4 is 22.2 Å². The van der Waals surface area contributed by atoms with Crippen LogP contribution in [-0.4, -0.2) is 121 Å². The molecule has 1 aliphatic carbocycles. The zero-order valence-electron chi connectivity index (χ0n) is 26.2. The number of primary amides is 1. The summed E-state index contributed by atoms with van der Waals surface area (Å²) in [5.41, 5.74) is 6.06. The minimum atomic E-state index is -1.13. The zero-order chi connectivity index (χ0) is 34.2. The van der Waals surface area contributed by atoms with Gasteiger partial charge in [-0.2, -0.15) is 5.10 Å². The molecule has 2 aromatic heterocycles. The van der Waals surface area contributed by atoms with Gasteiger partial charge in [0.2, 0.25) is 5.91 Å². The highest BCUT2D eigenvalue weighted by atomic mass is 32.2. The van der Waals surface area contributed by atoms with E-state index in [1.807, 2.05) is 4.90 Å². The van der Waals surface area contributed by atoms with Crippen molar-refractivity contribution < 1.29 is 33.6 Å². The normalized spacial score (nSPS) is 17.8. The summed E-state index contributed by atoms with van der Waals surface area (Å²) in [4.78, 5) is 80.3. The molecule has 1 saturated heterocycles. The summed E-state index contributed by atoms with van der Waals surface area (Å²) in [5, 5.41) is 17.1. The summed E-state index contributed by atoms with van der Waals surface area (Å²) in [6, 6.07) is 0.332. The fraction of sp³-hybridized carbons (Fsp3) is 0.517. The standard InChI is InChI=1S/C27H37N11O4S.C2H4O2/c28-25(41)22(13-23(39)35-14-19-3-1-11-37(16-19)18-36-29)38(20-4-5-20,24(40)17-43-27-33-6-2-7-34-27)12-10-32-26(42)21-15-30-8-9-31-21;1-2(3)4/h2,6-9,15,18-20,22H,1,3-5,10-14,16-17,29H2,(H3-,28,32,35,39,41,42);1H3,(H,3,4)/p+1/t19-,22?,38-;/m0./s1. The van der Waals surface area contributed by atoms with Crippen LogP contribution in [0.2, 0.25) is 0 Å². The lowest BCUT2D eigenvalue weighted by molar-refractivity contribution is -0.878. The zero-order valence-corrected chi connectivity index (χ0v) is 27.1. The van der Waals surface area contributed by atoms with Gasteiger partial charge in [0.15, 0.2) is 11.2 Å². The number of carboxylic acids is 1. The molecule has 3 heterocycles. The van der Waals surface area contributed by atoms with E-state index in [9.17, 15) is 19.2 Å². The number of nitrogens with two attached hydrogens (primary N) is 2. The molecule has 2 aromatic rings. The first kappa shape index (κ1) is 36.8. The van der Waals surface area contributed by atoms with E-state index in [4.69, 9.17) is 21.5 Å². The monoisotopic (exact) mass is 672 g/mol. The van der Waals surface area contributed by atoms with Crippen molar-refractivity contribution in [1.82, 2.24) is 35.5 Å². The molecule has 1 unspecified atom stereocenters. The number of hydrogen-bond acceptors (Lipinski definition) is 12. The number of nitrogens with zero attached hydrogens (tertiary/aromatic N) is 7. The van der Waals surface area contributed by atoms with Gasteiger partial charge in [-0.25, -0.2) is 24.2 Å². The third kappa shape index (κ3) is 11.5. The molecule has 4 rings (SSSR count). The van der Waals surface area contributed by atoms with Gasteiger partial charge < -0.3 is 32.2 Å². The van der Waals surface area contributed by atoms with Crippen LogP contribution >= 0.6 is 11.8 Å². The SMILES string of the molecule is CC(=O)O.NN=CN1CCC[C@@H](CNC(=O)CC(C(N)=O)[N@@+](CCNC(=O)c2cnccn2)(C(=O)CSc2ncccn2)C2CC2)C1. The van der Waals surface area contributed by atoms with Crippen LogP contribution in [0.1, 0.15) is 49.5 Å². The molecular formula is C29H42N11O6S+. The lowest BCUT2D eigenvalue weighted by Crippen LogP contribution is -2.68. The number of rotatable bonds is 15. The highest BCUT2D eigenvalue weighted by Gasteiger charge is 2.57. The number of aliphatic carboxylic acids is 1. The fourth-order valence-corrected chi connectivity index (χ4v) is 6.32. The Balaban J connectivity index is 0.00000142. The minimum Gasteiger partial charge on any atom is -0.481 e. The van der Waals surface area contributed by atoms with Crippen LogP contribution in [0.15, 0.2) is 47.3 Å². The van der Waals surface area contributed by atoms with Crippen LogP contribution in [0.5, 0.6) is 0 Å². The molecule has 1 saturated carbocycles. The van der Waals surface area contributed by atoms with E-state index in [2.05, 4.69) is 35.7 Å². The maximum absolute atomic E-state index is 14.1. The Labute approximate surface area is 276 Å². The maximum atomic E-state index is 14.1. The number of carbonyl (C=O) groups excluding carboxylic acids is 4. The first-order chi connectivity index (χ1) is 22.6. The third-order valence-corrected chi connectivity index (χ3v) is 8.58. The van der Waals surface area contributed by atoms with E-state index < -0.39 is 23.8 Å². The van der Waals surface area contributed by atoms with Crippen LogP contribution in [0.4, 0.5) is 0 Å². The van der Waals surface area contributed by atoms with Crippen molar-refractivity contribution in [2.75, 3.05) is 38.5 Å². The Morgan fingerprint density at radius 2 is 1.85 bits per heavy atom. The highest BCUT2D eigenvalue weighted by Crippen LogP contribution is 2.38. The molecule has 17 nitrogen and oxygen atoms in total. The Morgan fingerprint density at radius 3 is 2.47 bits per heavy atom. The second-order valence-electron chi connectivity index (χ2n) is 11.2. The molecule has 0 radical (unpaired) electrons. The Hall–Kier alpha value is -4.71. The van der Waals surface area contributed by atoms with Crippen LogP contribution in [0.25, 0.3) is 0 Å². The van der Waals surface area contributed by atoms with Crippen LogP contribution in [-0.2, 0) is 19.2 Å². The molecule has 1 aliphatic heterocycles. The molecule has 47 heavy (non-hydrogen) atoms. The summed E-state index contributed by atoms with van der Waals surface area (Å²) >= 11 is 1.15. The Kier molecular flexibility index (Phi) is 14.4. The number of piperidine rings is 1. The molecule has 0 aromatic carbocycles. The molecule has 4 amide bonds. The number of carboxylic acid groups (broad SMARTS) is 1. The molecule has 7 N–H and O–H groups in total. The second-order valence-corrected chi connectivity index (χ2v) is 12.1. The molecule has 0 spiro atoms. The first-order valence-electron chi connectivity index (χ1n) is 15.1. The van der Waals surface area contributed by atoms with Crippen LogP contribution in [0, 0.1) is 5.92 Å². The van der Waals surface area contributed by atoms with Crippen molar-refractivity contribution in [1.29, 1.82) is 0 Å². The van der Waals surface area contributed by atoms with E-state index in [1.54, 1.807) is 24.8 Å². The fourth-order valence-electron chi connectivity index (χ4n) is 5.56. The van der Waals surface area contributed by atoms with E-state index in [0.29, 0.717) is 31.1 Å². The summed E-state index contributed by atoms with van der Waals surface area (Å²) in [6.07, 6.45) is 11.9. The van der Waals surface area contributed by atoms with Crippen molar-refractivity contribution >= 4 is 47.7 Å². The Morgan fingerprint density at radius 1 is 1.13 bits per heavy atom. The van der Waals surface area contributed by atoms with Gasteiger partial charge in [0.25, 0.3) is 17.8 Å². The lowest BCUT2D eigenvalue weighted by atomic mass is 9.98. The van der Waals surface area contributed by atoms with E-state index >= 15 is 0 Å². The van der Waals surface area contributed by atoms with Crippen molar-refractivity contribution in [2.45, 2.75) is 56.3 Å². The van der Waals surface area contributed by atoms with Gasteiger partial charge in [-0.15, -0.1) is 0 Å².